The van der Waals surface area contributed by atoms with E-state index in [2.05, 4.69) is 0 Å². The van der Waals surface area contributed by atoms with Crippen LogP contribution in [0.15, 0.2) is 11.1 Å². The molecule has 1 heterocycles. The second-order valence-corrected chi connectivity index (χ2v) is 13.2. The molecule has 3 fully saturated rings. The number of carbonyl (C=O) groups excluding carboxylic acids is 3. The van der Waals surface area contributed by atoms with Crippen LogP contribution in [-0.2, 0) is 19.1 Å². The molecule has 2 saturated carbocycles. The molecule has 1 aliphatic heterocycles. The molecule has 4 aliphatic carbocycles. The van der Waals surface area contributed by atoms with Crippen molar-refractivity contribution in [3.05, 3.63) is 11.1 Å². The summed E-state index contributed by atoms with van der Waals surface area (Å²) in [4.78, 5) is 40.0. The van der Waals surface area contributed by atoms with Crippen LogP contribution in [-0.4, -0.2) is 57.8 Å². The fourth-order valence-corrected chi connectivity index (χ4v) is 9.15. The maximum absolute atomic E-state index is 14.1. The van der Waals surface area contributed by atoms with Crippen molar-refractivity contribution >= 4 is 17.5 Å². The lowest BCUT2D eigenvalue weighted by Crippen LogP contribution is -2.65. The Morgan fingerprint density at radius 3 is 2.18 bits per heavy atom. The minimum atomic E-state index is -1.43. The van der Waals surface area contributed by atoms with E-state index in [1.807, 2.05) is 27.7 Å². The standard InChI is InChI=1S/C27H38O7/c1-23(2)14-9-13(28)19-20(25(14,4)8-7-16(23)29)21(32)22(33)26(5)15(10-17(30)27(19,26)6)24(3)11-18(31)34-12-24/h13-16,22,28-29,33H,7-12H2,1-6H3/t13-,14-,15+,16-,22-,24?,25-,26-,27-/m0/s1. The average Bonchev–Trinajstić information content (AvgIpc) is 3.21. The van der Waals surface area contributed by atoms with Gasteiger partial charge in [0.25, 0.3) is 0 Å². The monoisotopic (exact) mass is 474 g/mol. The maximum atomic E-state index is 14.1. The number of carbonyl (C=O) groups is 3. The second kappa shape index (κ2) is 6.80. The molecule has 0 aromatic rings. The van der Waals surface area contributed by atoms with E-state index in [-0.39, 0.29) is 37.1 Å². The Labute approximate surface area is 200 Å². The molecule has 1 unspecified atom stereocenters. The van der Waals surface area contributed by atoms with Crippen LogP contribution < -0.4 is 0 Å². The predicted octanol–water partition coefficient (Wildman–Crippen LogP) is 2.35. The first-order valence-corrected chi connectivity index (χ1v) is 12.6. The Morgan fingerprint density at radius 2 is 1.59 bits per heavy atom. The number of hydrogen-bond donors (Lipinski definition) is 3. The lowest BCUT2D eigenvalue weighted by Gasteiger charge is -2.62. The highest BCUT2D eigenvalue weighted by Crippen LogP contribution is 2.72. The number of fused-ring (bicyclic) bond motifs is 4. The van der Waals surface area contributed by atoms with Gasteiger partial charge in [-0.1, -0.05) is 34.6 Å². The molecular formula is C27H38O7. The number of aliphatic hydroxyl groups is 3. The molecule has 34 heavy (non-hydrogen) atoms. The summed E-state index contributed by atoms with van der Waals surface area (Å²) < 4.78 is 5.28. The molecule has 5 rings (SSSR count). The van der Waals surface area contributed by atoms with E-state index in [0.717, 1.165) is 0 Å². The van der Waals surface area contributed by atoms with Crippen LogP contribution in [0.3, 0.4) is 0 Å². The Morgan fingerprint density at radius 1 is 0.941 bits per heavy atom. The highest BCUT2D eigenvalue weighted by molar-refractivity contribution is 6.07. The minimum absolute atomic E-state index is 0.101. The molecule has 0 bridgehead atoms. The lowest BCUT2D eigenvalue weighted by molar-refractivity contribution is -0.162. The SMILES string of the molecule is CC1([C@H]2CC(=O)[C@@]3(C)C4=C(C(=O)[C@H](O)[C@]23C)[C@@]2(C)CC[C@H](O)C(C)(C)[C@@H]2C[C@@H]4O)COC(=O)C1. The number of cyclic esters (lactones) is 1. The number of hydrogen-bond acceptors (Lipinski definition) is 7. The van der Waals surface area contributed by atoms with E-state index < -0.39 is 57.1 Å². The molecule has 7 heteroatoms. The molecule has 9 atom stereocenters. The van der Waals surface area contributed by atoms with Gasteiger partial charge in [-0.15, -0.1) is 0 Å². The summed E-state index contributed by atoms with van der Waals surface area (Å²) in [5.74, 6) is -1.47. The second-order valence-electron chi connectivity index (χ2n) is 13.2. The summed E-state index contributed by atoms with van der Waals surface area (Å²) in [5, 5.41) is 34.1. The zero-order chi connectivity index (χ0) is 25.2. The zero-order valence-corrected chi connectivity index (χ0v) is 21.1. The maximum Gasteiger partial charge on any atom is 0.306 e. The van der Waals surface area contributed by atoms with E-state index in [1.54, 1.807) is 13.8 Å². The minimum Gasteiger partial charge on any atom is -0.465 e. The van der Waals surface area contributed by atoms with Crippen molar-refractivity contribution in [2.75, 3.05) is 6.61 Å². The summed E-state index contributed by atoms with van der Waals surface area (Å²) in [7, 11) is 0. The smallest absolute Gasteiger partial charge is 0.306 e. The van der Waals surface area contributed by atoms with E-state index in [1.165, 1.54) is 0 Å². The molecule has 0 radical (unpaired) electrons. The van der Waals surface area contributed by atoms with Gasteiger partial charge in [0.1, 0.15) is 11.9 Å². The topological polar surface area (TPSA) is 121 Å². The van der Waals surface area contributed by atoms with Gasteiger partial charge in [0.2, 0.25) is 0 Å². The Kier molecular flexibility index (Phi) is 4.83. The summed E-state index contributed by atoms with van der Waals surface area (Å²) in [6, 6.07) is 0. The van der Waals surface area contributed by atoms with Crippen LogP contribution >= 0.6 is 0 Å². The third-order valence-corrected chi connectivity index (χ3v) is 11.4. The van der Waals surface area contributed by atoms with Gasteiger partial charge in [0.15, 0.2) is 5.78 Å². The normalized spacial score (nSPS) is 52.3. The van der Waals surface area contributed by atoms with Gasteiger partial charge in [-0.3, -0.25) is 14.4 Å². The fourth-order valence-electron chi connectivity index (χ4n) is 9.15. The third kappa shape index (κ3) is 2.51. The van der Waals surface area contributed by atoms with Gasteiger partial charge >= 0.3 is 5.97 Å². The van der Waals surface area contributed by atoms with Crippen molar-refractivity contribution in [2.45, 2.75) is 92.0 Å². The van der Waals surface area contributed by atoms with E-state index in [4.69, 9.17) is 4.74 Å². The quantitative estimate of drug-likeness (QED) is 0.499. The van der Waals surface area contributed by atoms with E-state index in [9.17, 15) is 29.7 Å². The Hall–Kier alpha value is -1.57. The molecule has 7 nitrogen and oxygen atoms in total. The number of ether oxygens (including phenoxy) is 1. The highest BCUT2D eigenvalue weighted by Gasteiger charge is 2.75. The summed E-state index contributed by atoms with van der Waals surface area (Å²) >= 11 is 0. The molecule has 3 N–H and O–H groups in total. The molecule has 188 valence electrons. The van der Waals surface area contributed by atoms with Crippen molar-refractivity contribution in [3.8, 4) is 0 Å². The highest BCUT2D eigenvalue weighted by atomic mass is 16.5. The molecule has 0 amide bonds. The Balaban J connectivity index is 1.73. The van der Waals surface area contributed by atoms with Crippen molar-refractivity contribution in [1.82, 2.24) is 0 Å². The first-order valence-electron chi connectivity index (χ1n) is 12.6. The Bertz CT molecular complexity index is 1030. The van der Waals surface area contributed by atoms with Crippen molar-refractivity contribution in [1.29, 1.82) is 0 Å². The van der Waals surface area contributed by atoms with Crippen LogP contribution in [0.2, 0.25) is 0 Å². The van der Waals surface area contributed by atoms with Gasteiger partial charge in [-0.05, 0) is 54.4 Å². The van der Waals surface area contributed by atoms with Crippen molar-refractivity contribution in [2.24, 2.45) is 38.9 Å². The van der Waals surface area contributed by atoms with Gasteiger partial charge in [-0.25, -0.2) is 0 Å². The number of esters is 1. The fraction of sp³-hybridized carbons (Fsp3) is 0.815. The molecule has 5 aliphatic rings. The molecule has 0 spiro atoms. The third-order valence-electron chi connectivity index (χ3n) is 11.4. The van der Waals surface area contributed by atoms with Gasteiger partial charge < -0.3 is 20.1 Å². The number of Topliss-reactive ketones (excluding diaryl/α,β-unsaturated/α-hetero) is 2. The predicted molar refractivity (Wildman–Crippen MR) is 122 cm³/mol. The molecule has 0 aromatic carbocycles. The van der Waals surface area contributed by atoms with E-state index in [0.29, 0.717) is 30.4 Å². The van der Waals surface area contributed by atoms with E-state index >= 15 is 0 Å². The summed E-state index contributed by atoms with van der Waals surface area (Å²) in [6.07, 6.45) is -1.33. The van der Waals surface area contributed by atoms with Crippen LogP contribution in [0.4, 0.5) is 0 Å². The first-order chi connectivity index (χ1) is 15.6. The lowest BCUT2D eigenvalue weighted by atomic mass is 9.41. The molecular weight excluding hydrogens is 436 g/mol. The van der Waals surface area contributed by atoms with Crippen LogP contribution in [0.5, 0.6) is 0 Å². The van der Waals surface area contributed by atoms with Crippen LogP contribution in [0.1, 0.15) is 73.6 Å². The summed E-state index contributed by atoms with van der Waals surface area (Å²) in [6.45, 7) is 11.6. The summed E-state index contributed by atoms with van der Waals surface area (Å²) in [5.41, 5.74) is -3.40. The average molecular weight is 475 g/mol. The first kappa shape index (κ1) is 24.1. The number of rotatable bonds is 1. The van der Waals surface area contributed by atoms with Gasteiger partial charge in [0.05, 0.1) is 30.7 Å². The van der Waals surface area contributed by atoms with Gasteiger partial charge in [0, 0.05) is 22.8 Å². The van der Waals surface area contributed by atoms with Crippen LogP contribution in [0, 0.1) is 38.9 Å². The van der Waals surface area contributed by atoms with Crippen molar-refractivity contribution in [3.63, 3.8) is 0 Å². The largest absolute Gasteiger partial charge is 0.465 e. The molecule has 1 saturated heterocycles. The number of aliphatic hydroxyl groups excluding tert-OH is 3. The van der Waals surface area contributed by atoms with Crippen molar-refractivity contribution < 1.29 is 34.4 Å². The van der Waals surface area contributed by atoms with Crippen LogP contribution in [0.25, 0.3) is 0 Å². The van der Waals surface area contributed by atoms with Gasteiger partial charge in [-0.2, -0.15) is 0 Å². The number of ketones is 2. The molecule has 0 aromatic heterocycles. The zero-order valence-electron chi connectivity index (χ0n) is 21.1.